The molecule has 19 heavy (non-hydrogen) atoms. The molecule has 1 heterocycles. The molecule has 4 nitrogen and oxygen atoms in total. The quantitative estimate of drug-likeness (QED) is 0.909. The number of fused-ring (bicyclic) bond motifs is 1. The summed E-state index contributed by atoms with van der Waals surface area (Å²) >= 11 is 0. The second-order valence-corrected chi connectivity index (χ2v) is 6.07. The molecule has 0 unspecified atom stereocenters. The van der Waals surface area contributed by atoms with Gasteiger partial charge in [-0.15, -0.1) is 0 Å². The highest BCUT2D eigenvalue weighted by molar-refractivity contribution is 5.70. The van der Waals surface area contributed by atoms with Crippen LogP contribution in [0, 0.1) is 6.92 Å². The van der Waals surface area contributed by atoms with E-state index < -0.39 is 11.8 Å². The van der Waals surface area contributed by atoms with Crippen molar-refractivity contribution in [3.05, 3.63) is 23.3 Å². The lowest BCUT2D eigenvalue weighted by molar-refractivity contribution is -0.137. The molecule has 1 N–H and O–H groups in total. The van der Waals surface area contributed by atoms with Crippen molar-refractivity contribution in [2.75, 3.05) is 0 Å². The Bertz CT molecular complexity index is 556. The molecule has 1 aliphatic carbocycles. The maximum Gasteiger partial charge on any atom is 0.304 e. The summed E-state index contributed by atoms with van der Waals surface area (Å²) < 4.78 is 11.5. The lowest BCUT2D eigenvalue weighted by atomic mass is 9.88. The normalized spacial score (nSPS) is 21.2. The van der Waals surface area contributed by atoms with Gasteiger partial charge >= 0.3 is 5.97 Å². The van der Waals surface area contributed by atoms with E-state index in [1.807, 2.05) is 32.9 Å². The number of hydrogen-bond donors (Lipinski definition) is 1. The predicted octanol–water partition coefficient (Wildman–Crippen LogP) is 3.01. The molecule has 0 bridgehead atoms. The van der Waals surface area contributed by atoms with Crippen molar-refractivity contribution in [3.8, 4) is 11.5 Å². The molecule has 0 saturated heterocycles. The number of carbonyl (C=O) groups is 1. The third kappa shape index (κ3) is 2.05. The van der Waals surface area contributed by atoms with E-state index in [2.05, 4.69) is 0 Å². The minimum absolute atomic E-state index is 0.191. The fraction of sp³-hybridized carbons (Fsp3) is 0.533. The van der Waals surface area contributed by atoms with Crippen LogP contribution in [0.4, 0.5) is 0 Å². The third-order valence-corrected chi connectivity index (χ3v) is 3.92. The van der Waals surface area contributed by atoms with Crippen molar-refractivity contribution >= 4 is 5.97 Å². The van der Waals surface area contributed by atoms with Crippen molar-refractivity contribution in [2.24, 2.45) is 0 Å². The summed E-state index contributed by atoms with van der Waals surface area (Å²) in [5.74, 6) is 0.0891. The first kappa shape index (κ1) is 12.3. The molecule has 1 saturated carbocycles. The molecule has 2 aliphatic rings. The highest BCUT2D eigenvalue weighted by Crippen LogP contribution is 2.54. The smallest absolute Gasteiger partial charge is 0.304 e. The van der Waals surface area contributed by atoms with Crippen molar-refractivity contribution in [1.82, 2.24) is 0 Å². The minimum Gasteiger partial charge on any atom is -0.481 e. The second-order valence-electron chi connectivity index (χ2n) is 6.07. The summed E-state index contributed by atoms with van der Waals surface area (Å²) in [5, 5.41) is 9.06. The maximum atomic E-state index is 11.0. The van der Waals surface area contributed by atoms with Gasteiger partial charge in [0, 0.05) is 19.3 Å². The van der Waals surface area contributed by atoms with Crippen LogP contribution in [0.1, 0.15) is 44.2 Å². The van der Waals surface area contributed by atoms with Gasteiger partial charge in [0.2, 0.25) is 5.79 Å². The molecule has 102 valence electrons. The van der Waals surface area contributed by atoms with Crippen LogP contribution in [-0.2, 0) is 10.2 Å². The molecule has 1 fully saturated rings. The molecule has 0 atom stereocenters. The monoisotopic (exact) mass is 262 g/mol. The largest absolute Gasteiger partial charge is 0.481 e. The van der Waals surface area contributed by atoms with Crippen LogP contribution >= 0.6 is 0 Å². The fourth-order valence-corrected chi connectivity index (χ4v) is 2.92. The standard InChI is InChI=1S/C15H18O4/c1-9-6-11-12(19-14(2,3)18-11)7-10(9)15(4-5-15)8-13(16)17/h6-7H,4-5,8H2,1-3H3,(H,16,17). The number of carboxylic acid groups (broad SMARTS) is 1. The molecule has 1 aromatic carbocycles. The summed E-state index contributed by atoms with van der Waals surface area (Å²) in [7, 11) is 0. The summed E-state index contributed by atoms with van der Waals surface area (Å²) in [6.07, 6.45) is 2.06. The topological polar surface area (TPSA) is 55.8 Å². The SMILES string of the molecule is Cc1cc2c(cc1C1(CC(=O)O)CC1)OC(C)(C)O2. The molecule has 0 spiro atoms. The number of carboxylic acids is 1. The zero-order valence-electron chi connectivity index (χ0n) is 11.4. The van der Waals surface area contributed by atoms with Crippen LogP contribution in [-0.4, -0.2) is 16.9 Å². The lowest BCUT2D eigenvalue weighted by Gasteiger charge is -2.17. The van der Waals surface area contributed by atoms with E-state index in [9.17, 15) is 4.79 Å². The first-order chi connectivity index (χ1) is 8.81. The molecule has 0 radical (unpaired) electrons. The van der Waals surface area contributed by atoms with Crippen LogP contribution in [0.2, 0.25) is 0 Å². The van der Waals surface area contributed by atoms with E-state index in [0.29, 0.717) is 0 Å². The van der Waals surface area contributed by atoms with E-state index in [0.717, 1.165) is 35.5 Å². The van der Waals surface area contributed by atoms with Gasteiger partial charge in [-0.25, -0.2) is 0 Å². The average Bonchev–Trinajstić information content (AvgIpc) is 2.93. The molecule has 3 rings (SSSR count). The maximum absolute atomic E-state index is 11.0. The van der Waals surface area contributed by atoms with E-state index in [4.69, 9.17) is 14.6 Å². The number of ether oxygens (including phenoxy) is 2. The van der Waals surface area contributed by atoms with Gasteiger partial charge in [-0.3, -0.25) is 4.79 Å². The molecular weight excluding hydrogens is 244 g/mol. The van der Waals surface area contributed by atoms with Gasteiger partial charge in [0.05, 0.1) is 6.42 Å². The highest BCUT2D eigenvalue weighted by Gasteiger charge is 2.48. The predicted molar refractivity (Wildman–Crippen MR) is 69.7 cm³/mol. The number of hydrogen-bond acceptors (Lipinski definition) is 3. The zero-order valence-corrected chi connectivity index (χ0v) is 11.4. The summed E-state index contributed by atoms with van der Waals surface area (Å²) in [4.78, 5) is 11.0. The van der Waals surface area contributed by atoms with Crippen molar-refractivity contribution in [3.63, 3.8) is 0 Å². The first-order valence-corrected chi connectivity index (χ1v) is 6.56. The van der Waals surface area contributed by atoms with Crippen molar-refractivity contribution in [1.29, 1.82) is 0 Å². The van der Waals surface area contributed by atoms with Crippen LogP contribution in [0.15, 0.2) is 12.1 Å². The number of aliphatic carboxylic acids is 1. The molecule has 0 amide bonds. The van der Waals surface area contributed by atoms with Gasteiger partial charge in [0.15, 0.2) is 11.5 Å². The van der Waals surface area contributed by atoms with E-state index >= 15 is 0 Å². The van der Waals surface area contributed by atoms with Crippen molar-refractivity contribution in [2.45, 2.75) is 51.2 Å². The Balaban J connectivity index is 1.99. The van der Waals surface area contributed by atoms with E-state index in [-0.39, 0.29) is 11.8 Å². The minimum atomic E-state index is -0.741. The van der Waals surface area contributed by atoms with Gasteiger partial charge in [-0.05, 0) is 43.0 Å². The Morgan fingerprint density at radius 3 is 2.37 bits per heavy atom. The lowest BCUT2D eigenvalue weighted by Crippen LogP contribution is -2.29. The summed E-state index contributed by atoms with van der Waals surface area (Å²) in [6.45, 7) is 5.74. The van der Waals surface area contributed by atoms with Gasteiger partial charge in [0.25, 0.3) is 0 Å². The van der Waals surface area contributed by atoms with Gasteiger partial charge in [-0.1, -0.05) is 0 Å². The number of aryl methyl sites for hydroxylation is 1. The summed E-state index contributed by atoms with van der Waals surface area (Å²) in [5.41, 5.74) is 1.98. The average molecular weight is 262 g/mol. The molecular formula is C15H18O4. The highest BCUT2D eigenvalue weighted by atomic mass is 16.7. The van der Waals surface area contributed by atoms with Crippen LogP contribution in [0.25, 0.3) is 0 Å². The van der Waals surface area contributed by atoms with E-state index in [1.165, 1.54) is 0 Å². The molecule has 1 aliphatic heterocycles. The Labute approximate surface area is 112 Å². The molecule has 4 heteroatoms. The Morgan fingerprint density at radius 1 is 1.26 bits per heavy atom. The number of rotatable bonds is 3. The molecule has 0 aromatic heterocycles. The summed E-state index contributed by atoms with van der Waals surface area (Å²) in [6, 6.07) is 3.93. The van der Waals surface area contributed by atoms with Crippen molar-refractivity contribution < 1.29 is 19.4 Å². The third-order valence-electron chi connectivity index (χ3n) is 3.92. The van der Waals surface area contributed by atoms with E-state index in [1.54, 1.807) is 0 Å². The van der Waals surface area contributed by atoms with Gasteiger partial charge in [0.1, 0.15) is 0 Å². The second kappa shape index (κ2) is 3.65. The molecule has 1 aromatic rings. The van der Waals surface area contributed by atoms with Crippen LogP contribution in [0.3, 0.4) is 0 Å². The Hall–Kier alpha value is -1.71. The zero-order chi connectivity index (χ0) is 13.8. The fourth-order valence-electron chi connectivity index (χ4n) is 2.92. The van der Waals surface area contributed by atoms with Gasteiger partial charge in [-0.2, -0.15) is 0 Å². The van der Waals surface area contributed by atoms with Crippen LogP contribution in [0.5, 0.6) is 11.5 Å². The van der Waals surface area contributed by atoms with Gasteiger partial charge < -0.3 is 14.6 Å². The Kier molecular flexibility index (Phi) is 2.37. The number of benzene rings is 1. The first-order valence-electron chi connectivity index (χ1n) is 6.56. The Morgan fingerprint density at radius 2 is 1.84 bits per heavy atom. The van der Waals surface area contributed by atoms with Crippen LogP contribution < -0.4 is 9.47 Å².